The van der Waals surface area contributed by atoms with Crippen LogP contribution in [0.4, 0.5) is 5.69 Å². The molecule has 0 aliphatic heterocycles. The van der Waals surface area contributed by atoms with Gasteiger partial charge in [-0.3, -0.25) is 4.79 Å². The molecule has 1 aliphatic carbocycles. The molecule has 1 amide bonds. The second-order valence-electron chi connectivity index (χ2n) is 5.88. The minimum atomic E-state index is 0.0586. The number of nitrogens with one attached hydrogen (secondary N) is 1. The van der Waals surface area contributed by atoms with Crippen LogP contribution in [0.15, 0.2) is 24.3 Å². The summed E-state index contributed by atoms with van der Waals surface area (Å²) in [6.45, 7) is 2.29. The van der Waals surface area contributed by atoms with E-state index in [4.69, 9.17) is 0 Å². The quantitative estimate of drug-likeness (QED) is 0.906. The van der Waals surface area contributed by atoms with Gasteiger partial charge in [0.05, 0.1) is 0 Å². The number of carbonyl (C=O) groups is 1. The predicted octanol–water partition coefficient (Wildman–Crippen LogP) is 3.06. The molecule has 0 aromatic heterocycles. The Kier molecular flexibility index (Phi) is 4.46. The molecule has 0 saturated heterocycles. The molecule has 0 unspecified atom stereocenters. The van der Waals surface area contributed by atoms with Gasteiger partial charge in [0.25, 0.3) is 5.91 Å². The number of hydrogen-bond donors (Lipinski definition) is 1. The lowest BCUT2D eigenvalue weighted by Crippen LogP contribution is -2.37. The summed E-state index contributed by atoms with van der Waals surface area (Å²) < 4.78 is 0. The van der Waals surface area contributed by atoms with Crippen molar-refractivity contribution in [2.75, 3.05) is 19.0 Å². The first-order valence-electron chi connectivity index (χ1n) is 7.14. The highest BCUT2D eigenvalue weighted by Crippen LogP contribution is 2.23. The molecule has 1 aromatic carbocycles. The first-order valence-corrected chi connectivity index (χ1v) is 7.14. The number of hydrogen-bond acceptors (Lipinski definition) is 2. The van der Waals surface area contributed by atoms with Crippen LogP contribution in [-0.2, 0) is 0 Å². The molecular formula is C16H24N2O. The smallest absolute Gasteiger partial charge is 0.251 e. The van der Waals surface area contributed by atoms with Gasteiger partial charge in [-0.1, -0.05) is 13.0 Å². The molecular weight excluding hydrogens is 236 g/mol. The van der Waals surface area contributed by atoms with Crippen molar-refractivity contribution >= 4 is 11.6 Å². The van der Waals surface area contributed by atoms with E-state index in [0.29, 0.717) is 6.04 Å². The van der Waals surface area contributed by atoms with Crippen molar-refractivity contribution in [3.05, 3.63) is 29.8 Å². The van der Waals surface area contributed by atoms with Crippen LogP contribution in [0.1, 0.15) is 43.0 Å². The Morgan fingerprint density at radius 3 is 2.53 bits per heavy atom. The van der Waals surface area contributed by atoms with E-state index >= 15 is 0 Å². The largest absolute Gasteiger partial charge is 0.378 e. The van der Waals surface area contributed by atoms with Gasteiger partial charge in [0, 0.05) is 31.4 Å². The number of nitrogens with zero attached hydrogens (tertiary/aromatic N) is 1. The zero-order valence-corrected chi connectivity index (χ0v) is 12.1. The first kappa shape index (κ1) is 13.9. The second-order valence-corrected chi connectivity index (χ2v) is 5.88. The maximum atomic E-state index is 12.2. The van der Waals surface area contributed by atoms with Crippen LogP contribution in [0, 0.1) is 5.92 Å². The van der Waals surface area contributed by atoms with Gasteiger partial charge in [-0.2, -0.15) is 0 Å². The Bertz CT molecular complexity index is 434. The predicted molar refractivity (Wildman–Crippen MR) is 79.7 cm³/mol. The summed E-state index contributed by atoms with van der Waals surface area (Å²) in [5.41, 5.74) is 1.81. The standard InChI is InChI=1S/C16H24N2O/c1-12-7-9-14(10-8-12)17-16(19)13-5-4-6-15(11-13)18(2)3/h4-6,11-12,14H,7-10H2,1-3H3,(H,17,19). The SMILES string of the molecule is CC1CCC(NC(=O)c2cccc(N(C)C)c2)CC1. The van der Waals surface area contributed by atoms with Crippen molar-refractivity contribution in [2.24, 2.45) is 5.92 Å². The Labute approximate surface area is 116 Å². The zero-order chi connectivity index (χ0) is 13.8. The lowest BCUT2D eigenvalue weighted by atomic mass is 9.87. The Balaban J connectivity index is 1.98. The Morgan fingerprint density at radius 2 is 1.89 bits per heavy atom. The third kappa shape index (κ3) is 3.72. The molecule has 1 N–H and O–H groups in total. The van der Waals surface area contributed by atoms with Crippen LogP contribution in [0.5, 0.6) is 0 Å². The topological polar surface area (TPSA) is 32.3 Å². The van der Waals surface area contributed by atoms with Crippen molar-refractivity contribution in [3.8, 4) is 0 Å². The van der Waals surface area contributed by atoms with Gasteiger partial charge in [0.1, 0.15) is 0 Å². The van der Waals surface area contributed by atoms with E-state index in [1.54, 1.807) is 0 Å². The molecule has 3 nitrogen and oxygen atoms in total. The Morgan fingerprint density at radius 1 is 1.21 bits per heavy atom. The second kappa shape index (κ2) is 6.09. The Hall–Kier alpha value is -1.51. The van der Waals surface area contributed by atoms with Crippen LogP contribution in [0.3, 0.4) is 0 Å². The number of rotatable bonds is 3. The van der Waals surface area contributed by atoms with Crippen molar-refractivity contribution in [1.82, 2.24) is 5.32 Å². The summed E-state index contributed by atoms with van der Waals surface area (Å²) in [6, 6.07) is 8.13. The molecule has 1 aliphatic rings. The van der Waals surface area contributed by atoms with Crippen LogP contribution in [0.25, 0.3) is 0 Å². The molecule has 1 fully saturated rings. The van der Waals surface area contributed by atoms with E-state index < -0.39 is 0 Å². The lowest BCUT2D eigenvalue weighted by molar-refractivity contribution is 0.0923. The molecule has 104 valence electrons. The van der Waals surface area contributed by atoms with Crippen molar-refractivity contribution in [3.63, 3.8) is 0 Å². The number of benzene rings is 1. The molecule has 19 heavy (non-hydrogen) atoms. The minimum Gasteiger partial charge on any atom is -0.378 e. The fourth-order valence-corrected chi connectivity index (χ4v) is 2.60. The summed E-state index contributed by atoms with van der Waals surface area (Å²) in [6.07, 6.45) is 4.67. The number of anilines is 1. The van der Waals surface area contributed by atoms with Gasteiger partial charge in [0.15, 0.2) is 0 Å². The number of amides is 1. The molecule has 1 saturated carbocycles. The highest BCUT2D eigenvalue weighted by molar-refractivity contribution is 5.95. The minimum absolute atomic E-state index is 0.0586. The molecule has 0 radical (unpaired) electrons. The van der Waals surface area contributed by atoms with Crippen LogP contribution >= 0.6 is 0 Å². The van der Waals surface area contributed by atoms with Gasteiger partial charge < -0.3 is 10.2 Å². The lowest BCUT2D eigenvalue weighted by Gasteiger charge is -2.27. The maximum absolute atomic E-state index is 12.2. The molecule has 0 bridgehead atoms. The average molecular weight is 260 g/mol. The monoisotopic (exact) mass is 260 g/mol. The van der Waals surface area contributed by atoms with E-state index in [0.717, 1.165) is 30.0 Å². The highest BCUT2D eigenvalue weighted by atomic mass is 16.1. The first-order chi connectivity index (χ1) is 9.06. The van der Waals surface area contributed by atoms with E-state index in [1.807, 2.05) is 43.3 Å². The van der Waals surface area contributed by atoms with Gasteiger partial charge in [-0.05, 0) is 49.8 Å². The summed E-state index contributed by atoms with van der Waals surface area (Å²) in [5, 5.41) is 3.16. The van der Waals surface area contributed by atoms with E-state index in [9.17, 15) is 4.79 Å². The molecule has 2 rings (SSSR count). The highest BCUT2D eigenvalue weighted by Gasteiger charge is 2.20. The molecule has 3 heteroatoms. The molecule has 0 heterocycles. The maximum Gasteiger partial charge on any atom is 0.251 e. The third-order valence-corrected chi connectivity index (χ3v) is 3.98. The van der Waals surface area contributed by atoms with Gasteiger partial charge in [-0.15, -0.1) is 0 Å². The van der Waals surface area contributed by atoms with Crippen LogP contribution < -0.4 is 10.2 Å². The van der Waals surface area contributed by atoms with Crippen molar-refractivity contribution < 1.29 is 4.79 Å². The number of carbonyl (C=O) groups excluding carboxylic acids is 1. The summed E-state index contributed by atoms with van der Waals surface area (Å²) in [7, 11) is 3.97. The summed E-state index contributed by atoms with van der Waals surface area (Å²) >= 11 is 0. The fourth-order valence-electron chi connectivity index (χ4n) is 2.60. The molecule has 0 atom stereocenters. The third-order valence-electron chi connectivity index (χ3n) is 3.98. The van der Waals surface area contributed by atoms with Crippen molar-refractivity contribution in [1.29, 1.82) is 0 Å². The van der Waals surface area contributed by atoms with E-state index in [2.05, 4.69) is 12.2 Å². The normalized spacial score (nSPS) is 22.9. The average Bonchev–Trinajstić information content (AvgIpc) is 2.41. The van der Waals surface area contributed by atoms with E-state index in [-0.39, 0.29) is 5.91 Å². The summed E-state index contributed by atoms with van der Waals surface area (Å²) in [4.78, 5) is 14.3. The van der Waals surface area contributed by atoms with Crippen LogP contribution in [0.2, 0.25) is 0 Å². The molecule has 1 aromatic rings. The van der Waals surface area contributed by atoms with Gasteiger partial charge in [0.2, 0.25) is 0 Å². The summed E-state index contributed by atoms with van der Waals surface area (Å²) in [5.74, 6) is 0.869. The fraction of sp³-hybridized carbons (Fsp3) is 0.562. The molecule has 0 spiro atoms. The van der Waals surface area contributed by atoms with Gasteiger partial charge >= 0.3 is 0 Å². The van der Waals surface area contributed by atoms with E-state index in [1.165, 1.54) is 12.8 Å². The zero-order valence-electron chi connectivity index (χ0n) is 12.1. The van der Waals surface area contributed by atoms with Crippen LogP contribution in [-0.4, -0.2) is 26.0 Å². The van der Waals surface area contributed by atoms with Gasteiger partial charge in [-0.25, -0.2) is 0 Å². The van der Waals surface area contributed by atoms with Crippen molar-refractivity contribution in [2.45, 2.75) is 38.6 Å².